The van der Waals surface area contributed by atoms with Gasteiger partial charge in [0, 0.05) is 12.4 Å². The molecule has 2 heterocycles. The predicted molar refractivity (Wildman–Crippen MR) is 133 cm³/mol. The normalized spacial score (nSPS) is 11.1. The molecule has 0 saturated carbocycles. The first-order chi connectivity index (χ1) is 16.4. The van der Waals surface area contributed by atoms with Crippen molar-refractivity contribution in [3.63, 3.8) is 0 Å². The highest BCUT2D eigenvalue weighted by molar-refractivity contribution is 7.92. The van der Waals surface area contributed by atoms with E-state index in [4.69, 9.17) is 4.74 Å². The van der Waals surface area contributed by atoms with Crippen molar-refractivity contribution in [2.24, 2.45) is 0 Å². The Hall–Kier alpha value is -3.76. The number of rotatable bonds is 8. The summed E-state index contributed by atoms with van der Waals surface area (Å²) >= 11 is 1.32. The van der Waals surface area contributed by atoms with Gasteiger partial charge in [0.25, 0.3) is 10.0 Å². The van der Waals surface area contributed by atoms with Crippen LogP contribution >= 0.6 is 11.3 Å². The first kappa shape index (κ1) is 23.4. The number of amides is 1. The topological polar surface area (TPSA) is 110 Å². The van der Waals surface area contributed by atoms with E-state index in [2.05, 4.69) is 20.0 Å². The molecule has 0 bridgehead atoms. The number of anilines is 2. The van der Waals surface area contributed by atoms with Gasteiger partial charge in [-0.05, 0) is 48.4 Å². The van der Waals surface area contributed by atoms with Crippen LogP contribution in [0.1, 0.15) is 11.3 Å². The van der Waals surface area contributed by atoms with Crippen LogP contribution in [0.4, 0.5) is 10.8 Å². The van der Waals surface area contributed by atoms with E-state index in [1.54, 1.807) is 18.2 Å². The smallest absolute Gasteiger partial charge is 0.263 e. The Balaban J connectivity index is 1.58. The van der Waals surface area contributed by atoms with Crippen molar-refractivity contribution in [3.05, 3.63) is 84.3 Å². The first-order valence-corrected chi connectivity index (χ1v) is 12.6. The first-order valence-electron chi connectivity index (χ1n) is 10.3. The van der Waals surface area contributed by atoms with Crippen LogP contribution in [0.5, 0.6) is 5.75 Å². The molecule has 0 aliphatic rings. The van der Waals surface area contributed by atoms with E-state index in [0.717, 1.165) is 16.0 Å². The van der Waals surface area contributed by atoms with E-state index in [1.807, 2.05) is 43.3 Å². The number of hydrogen-bond donors (Lipinski definition) is 2. The zero-order valence-corrected chi connectivity index (χ0v) is 20.1. The number of carbonyl (C=O) groups excluding carboxylic acids is 1. The van der Waals surface area contributed by atoms with Crippen molar-refractivity contribution >= 4 is 38.1 Å². The third-order valence-corrected chi connectivity index (χ3v) is 7.37. The van der Waals surface area contributed by atoms with Gasteiger partial charge in [-0.25, -0.2) is 13.4 Å². The minimum atomic E-state index is -3.86. The minimum absolute atomic E-state index is 0.0415. The van der Waals surface area contributed by atoms with Gasteiger partial charge in [-0.15, -0.1) is 0 Å². The maximum atomic E-state index is 12.8. The molecular formula is C24H22N4O4S2. The quantitative estimate of drug-likeness (QED) is 0.373. The van der Waals surface area contributed by atoms with E-state index >= 15 is 0 Å². The van der Waals surface area contributed by atoms with E-state index in [9.17, 15) is 13.2 Å². The molecule has 0 saturated heterocycles. The molecule has 0 unspecified atom stereocenters. The zero-order valence-electron chi connectivity index (χ0n) is 18.5. The van der Waals surface area contributed by atoms with Gasteiger partial charge in [0.1, 0.15) is 10.6 Å². The fourth-order valence-corrected chi connectivity index (χ4v) is 5.30. The Morgan fingerprint density at radius 2 is 1.88 bits per heavy atom. The minimum Gasteiger partial charge on any atom is -0.495 e. The second-order valence-corrected chi connectivity index (χ2v) is 10.0. The Labute approximate surface area is 201 Å². The Morgan fingerprint density at radius 3 is 2.59 bits per heavy atom. The van der Waals surface area contributed by atoms with Crippen molar-refractivity contribution in [2.75, 3.05) is 17.1 Å². The number of nitrogens with one attached hydrogen (secondary N) is 2. The highest BCUT2D eigenvalue weighted by Gasteiger charge is 2.19. The molecule has 0 radical (unpaired) electrons. The molecule has 4 aromatic rings. The number of nitrogens with zero attached hydrogens (tertiary/aromatic N) is 2. The van der Waals surface area contributed by atoms with Crippen LogP contribution in [0.15, 0.2) is 78.0 Å². The van der Waals surface area contributed by atoms with E-state index < -0.39 is 10.0 Å². The molecule has 0 aliphatic carbocycles. The summed E-state index contributed by atoms with van der Waals surface area (Å²) < 4.78 is 33.5. The summed E-state index contributed by atoms with van der Waals surface area (Å²) in [5.74, 6) is 0.209. The molecule has 2 N–H and O–H groups in total. The summed E-state index contributed by atoms with van der Waals surface area (Å²) in [7, 11) is -2.39. The summed E-state index contributed by atoms with van der Waals surface area (Å²) in [5.41, 5.74) is 2.65. The molecule has 8 nitrogen and oxygen atoms in total. The van der Waals surface area contributed by atoms with Crippen molar-refractivity contribution in [1.29, 1.82) is 0 Å². The van der Waals surface area contributed by atoms with Crippen molar-refractivity contribution < 1.29 is 17.9 Å². The van der Waals surface area contributed by atoms with Gasteiger partial charge >= 0.3 is 0 Å². The second kappa shape index (κ2) is 10.0. The second-order valence-electron chi connectivity index (χ2n) is 7.35. The Bertz CT molecular complexity index is 1410. The number of thiazole rings is 1. The molecule has 0 fully saturated rings. The molecule has 174 valence electrons. The standard InChI is InChI=1S/C24H22N4O4S2/c1-16-23(33-24(26-16)27-22(29)13-17-7-4-3-5-8-17)18-10-11-21(32-2)20(14-18)28-34(30,31)19-9-6-12-25-15-19/h3-12,14-15,28H,13H2,1-2H3,(H,26,27,29). The number of carbonyl (C=O) groups is 1. The maximum absolute atomic E-state index is 12.8. The average molecular weight is 495 g/mol. The van der Waals surface area contributed by atoms with Gasteiger partial charge < -0.3 is 10.1 Å². The van der Waals surface area contributed by atoms with Crippen LogP contribution in [0.3, 0.4) is 0 Å². The monoisotopic (exact) mass is 494 g/mol. The Kier molecular flexibility index (Phi) is 6.90. The summed E-state index contributed by atoms with van der Waals surface area (Å²) in [6.07, 6.45) is 3.02. The highest BCUT2D eigenvalue weighted by Crippen LogP contribution is 2.37. The van der Waals surface area contributed by atoms with Gasteiger partial charge in [-0.1, -0.05) is 41.7 Å². The Morgan fingerprint density at radius 1 is 1.09 bits per heavy atom. The third-order valence-electron chi connectivity index (χ3n) is 4.90. The number of ether oxygens (including phenoxy) is 1. The molecule has 0 spiro atoms. The number of sulfonamides is 1. The molecule has 1 amide bonds. The lowest BCUT2D eigenvalue weighted by atomic mass is 10.1. The lowest BCUT2D eigenvalue weighted by Crippen LogP contribution is -2.14. The van der Waals surface area contributed by atoms with Gasteiger partial charge in [0.15, 0.2) is 5.13 Å². The lowest BCUT2D eigenvalue weighted by Gasteiger charge is -2.13. The molecule has 0 aliphatic heterocycles. The third kappa shape index (κ3) is 5.41. The van der Waals surface area contributed by atoms with E-state index in [-0.39, 0.29) is 22.9 Å². The number of methoxy groups -OCH3 is 1. The fraction of sp³-hybridized carbons (Fsp3) is 0.125. The number of benzene rings is 2. The predicted octanol–water partition coefficient (Wildman–Crippen LogP) is 4.50. The molecule has 4 rings (SSSR count). The molecule has 10 heteroatoms. The van der Waals surface area contributed by atoms with E-state index in [0.29, 0.717) is 16.6 Å². The van der Waals surface area contributed by atoms with Crippen LogP contribution in [0.25, 0.3) is 10.4 Å². The van der Waals surface area contributed by atoms with Crippen molar-refractivity contribution in [2.45, 2.75) is 18.2 Å². The molecule has 2 aromatic heterocycles. The number of pyridine rings is 1. The maximum Gasteiger partial charge on any atom is 0.263 e. The van der Waals surface area contributed by atoms with Crippen LogP contribution in [0.2, 0.25) is 0 Å². The largest absolute Gasteiger partial charge is 0.495 e. The molecule has 2 aromatic carbocycles. The SMILES string of the molecule is COc1ccc(-c2sc(NC(=O)Cc3ccccc3)nc2C)cc1NS(=O)(=O)c1cccnc1. The van der Waals surface area contributed by atoms with Crippen LogP contribution in [-0.4, -0.2) is 31.4 Å². The fourth-order valence-electron chi connectivity index (χ4n) is 3.30. The number of hydrogen-bond acceptors (Lipinski definition) is 7. The summed E-state index contributed by atoms with van der Waals surface area (Å²) in [6.45, 7) is 1.84. The highest BCUT2D eigenvalue weighted by atomic mass is 32.2. The molecule has 0 atom stereocenters. The van der Waals surface area contributed by atoms with Crippen LogP contribution in [-0.2, 0) is 21.2 Å². The van der Waals surface area contributed by atoms with Gasteiger partial charge in [-0.3, -0.25) is 14.5 Å². The average Bonchev–Trinajstić information content (AvgIpc) is 3.19. The zero-order chi connectivity index (χ0) is 24.1. The van der Waals surface area contributed by atoms with E-state index in [1.165, 1.54) is 36.9 Å². The van der Waals surface area contributed by atoms with Crippen molar-refractivity contribution in [1.82, 2.24) is 9.97 Å². The van der Waals surface area contributed by atoms with Gasteiger partial charge in [0.2, 0.25) is 5.91 Å². The molecular weight excluding hydrogens is 472 g/mol. The summed E-state index contributed by atoms with van der Waals surface area (Å²) in [6, 6.07) is 17.7. The van der Waals surface area contributed by atoms with Crippen LogP contribution in [0, 0.1) is 6.92 Å². The van der Waals surface area contributed by atoms with Crippen LogP contribution < -0.4 is 14.8 Å². The van der Waals surface area contributed by atoms with Gasteiger partial charge in [-0.2, -0.15) is 0 Å². The lowest BCUT2D eigenvalue weighted by molar-refractivity contribution is -0.115. The summed E-state index contributed by atoms with van der Waals surface area (Å²) in [5, 5.41) is 3.32. The summed E-state index contributed by atoms with van der Waals surface area (Å²) in [4.78, 5) is 21.6. The van der Waals surface area contributed by atoms with Gasteiger partial charge in [0.05, 0.1) is 29.8 Å². The van der Waals surface area contributed by atoms with Crippen molar-refractivity contribution in [3.8, 4) is 16.2 Å². The number of aryl methyl sites for hydroxylation is 1. The number of aromatic nitrogens is 2. The molecule has 34 heavy (non-hydrogen) atoms.